The number of thioether (sulfide) groups is 1. The monoisotopic (exact) mass is 217 g/mol. The van der Waals surface area contributed by atoms with Gasteiger partial charge in [-0.15, -0.1) is 0 Å². The van der Waals surface area contributed by atoms with Gasteiger partial charge in [-0.25, -0.2) is 0 Å². The quantitative estimate of drug-likeness (QED) is 0.760. The number of aliphatic carboxylic acids is 1. The number of nitrogens with zero attached hydrogens (tertiary/aromatic N) is 1. The molecule has 1 N–H and O–H groups in total. The van der Waals surface area contributed by atoms with Crippen LogP contribution in [0.2, 0.25) is 0 Å². The van der Waals surface area contributed by atoms with E-state index in [0.29, 0.717) is 6.42 Å². The zero-order valence-electron chi connectivity index (χ0n) is 8.95. The highest BCUT2D eigenvalue weighted by Gasteiger charge is 2.40. The van der Waals surface area contributed by atoms with Crippen molar-refractivity contribution in [2.24, 2.45) is 0 Å². The summed E-state index contributed by atoms with van der Waals surface area (Å²) in [6.07, 6.45) is 1.31. The van der Waals surface area contributed by atoms with Crippen LogP contribution in [-0.2, 0) is 4.79 Å². The predicted molar refractivity (Wildman–Crippen MR) is 59.8 cm³/mol. The molecule has 1 aliphatic heterocycles. The van der Waals surface area contributed by atoms with Crippen molar-refractivity contribution in [1.29, 1.82) is 0 Å². The highest BCUT2D eigenvalue weighted by atomic mass is 32.2. The molecule has 0 aromatic rings. The van der Waals surface area contributed by atoms with Crippen molar-refractivity contribution in [2.45, 2.75) is 32.2 Å². The molecule has 1 fully saturated rings. The Kier molecular flexibility index (Phi) is 4.26. The van der Waals surface area contributed by atoms with E-state index in [0.717, 1.165) is 31.0 Å². The van der Waals surface area contributed by atoms with Crippen LogP contribution in [0.5, 0.6) is 0 Å². The zero-order chi connectivity index (χ0) is 10.6. The van der Waals surface area contributed by atoms with Crippen molar-refractivity contribution in [3.05, 3.63) is 0 Å². The molecule has 0 aliphatic carbocycles. The SMILES string of the molecule is CCN(CC)C1(CC(=O)O)CCSC1. The normalized spacial score (nSPS) is 27.1. The predicted octanol–water partition coefficient (Wildman–Crippen LogP) is 1.68. The number of rotatable bonds is 5. The fourth-order valence-corrected chi connectivity index (χ4v) is 3.75. The van der Waals surface area contributed by atoms with Gasteiger partial charge in [-0.3, -0.25) is 9.69 Å². The first kappa shape index (κ1) is 11.9. The Balaban J connectivity index is 2.74. The maximum absolute atomic E-state index is 10.9. The third kappa shape index (κ3) is 2.42. The molecule has 1 aliphatic rings. The number of carboxylic acid groups (broad SMARTS) is 1. The Bertz CT molecular complexity index is 198. The van der Waals surface area contributed by atoms with Gasteiger partial charge in [0.15, 0.2) is 0 Å². The molecule has 14 heavy (non-hydrogen) atoms. The molecule has 1 atom stereocenters. The summed E-state index contributed by atoms with van der Waals surface area (Å²) in [7, 11) is 0. The van der Waals surface area contributed by atoms with Crippen molar-refractivity contribution in [3.8, 4) is 0 Å². The molecule has 1 rings (SSSR count). The van der Waals surface area contributed by atoms with Gasteiger partial charge < -0.3 is 5.11 Å². The summed E-state index contributed by atoms with van der Waals surface area (Å²) in [5, 5.41) is 8.94. The first-order valence-corrected chi connectivity index (χ1v) is 6.34. The molecule has 0 aromatic heterocycles. The van der Waals surface area contributed by atoms with Crippen molar-refractivity contribution in [3.63, 3.8) is 0 Å². The first-order chi connectivity index (χ1) is 6.64. The van der Waals surface area contributed by atoms with Gasteiger partial charge in [0.2, 0.25) is 0 Å². The molecule has 0 saturated carbocycles. The molecule has 0 spiro atoms. The number of carboxylic acids is 1. The van der Waals surface area contributed by atoms with Gasteiger partial charge in [-0.1, -0.05) is 13.8 Å². The van der Waals surface area contributed by atoms with Gasteiger partial charge in [0, 0.05) is 11.3 Å². The molecule has 4 heteroatoms. The van der Waals surface area contributed by atoms with Crippen LogP contribution >= 0.6 is 11.8 Å². The Hall–Kier alpha value is -0.220. The average Bonchev–Trinajstić information content (AvgIpc) is 2.55. The van der Waals surface area contributed by atoms with Crippen LogP contribution in [-0.4, -0.2) is 46.1 Å². The Morgan fingerprint density at radius 3 is 2.50 bits per heavy atom. The molecular formula is C10H19NO2S. The van der Waals surface area contributed by atoms with E-state index in [1.807, 2.05) is 11.8 Å². The lowest BCUT2D eigenvalue weighted by Gasteiger charge is -2.38. The van der Waals surface area contributed by atoms with Crippen molar-refractivity contribution < 1.29 is 9.90 Å². The Morgan fingerprint density at radius 1 is 1.50 bits per heavy atom. The van der Waals surface area contributed by atoms with Crippen LogP contribution in [0.25, 0.3) is 0 Å². The number of carbonyl (C=O) groups is 1. The van der Waals surface area contributed by atoms with Crippen molar-refractivity contribution in [2.75, 3.05) is 24.6 Å². The van der Waals surface area contributed by atoms with Crippen LogP contribution in [0.3, 0.4) is 0 Å². The summed E-state index contributed by atoms with van der Waals surface area (Å²) in [6.45, 7) is 6.11. The molecule has 0 aromatic carbocycles. The van der Waals surface area contributed by atoms with Crippen LogP contribution < -0.4 is 0 Å². The topological polar surface area (TPSA) is 40.5 Å². The summed E-state index contributed by atoms with van der Waals surface area (Å²) < 4.78 is 0. The smallest absolute Gasteiger partial charge is 0.305 e. The van der Waals surface area contributed by atoms with Gasteiger partial charge >= 0.3 is 5.97 Å². The molecule has 82 valence electrons. The molecule has 0 amide bonds. The Morgan fingerprint density at radius 2 is 2.14 bits per heavy atom. The van der Waals surface area contributed by atoms with E-state index in [-0.39, 0.29) is 5.54 Å². The van der Waals surface area contributed by atoms with Crippen molar-refractivity contribution in [1.82, 2.24) is 4.90 Å². The molecule has 0 bridgehead atoms. The second-order valence-electron chi connectivity index (χ2n) is 3.77. The minimum absolute atomic E-state index is 0.0694. The first-order valence-electron chi connectivity index (χ1n) is 5.19. The lowest BCUT2D eigenvalue weighted by molar-refractivity contribution is -0.140. The highest BCUT2D eigenvalue weighted by Crippen LogP contribution is 2.36. The van der Waals surface area contributed by atoms with Gasteiger partial charge in [0.05, 0.1) is 6.42 Å². The second kappa shape index (κ2) is 5.03. The summed E-state index contributed by atoms with van der Waals surface area (Å²) >= 11 is 1.88. The van der Waals surface area contributed by atoms with Gasteiger partial charge in [0.25, 0.3) is 0 Å². The lowest BCUT2D eigenvalue weighted by Crippen LogP contribution is -2.50. The summed E-state index contributed by atoms with van der Waals surface area (Å²) in [5.41, 5.74) is -0.0694. The van der Waals surface area contributed by atoms with E-state index in [4.69, 9.17) is 5.11 Å². The summed E-state index contributed by atoms with van der Waals surface area (Å²) in [5.74, 6) is 1.41. The van der Waals surface area contributed by atoms with Gasteiger partial charge in [-0.2, -0.15) is 11.8 Å². The largest absolute Gasteiger partial charge is 0.481 e. The maximum atomic E-state index is 10.9. The maximum Gasteiger partial charge on any atom is 0.305 e. The summed E-state index contributed by atoms with van der Waals surface area (Å²) in [6, 6.07) is 0. The van der Waals surface area contributed by atoms with E-state index in [1.165, 1.54) is 0 Å². The lowest BCUT2D eigenvalue weighted by atomic mass is 9.92. The van der Waals surface area contributed by atoms with Gasteiger partial charge in [0.1, 0.15) is 0 Å². The fourth-order valence-electron chi connectivity index (χ4n) is 2.27. The molecule has 3 nitrogen and oxygen atoms in total. The van der Waals surface area contributed by atoms with Crippen LogP contribution in [0.4, 0.5) is 0 Å². The van der Waals surface area contributed by atoms with Crippen LogP contribution in [0.15, 0.2) is 0 Å². The molecule has 1 unspecified atom stereocenters. The van der Waals surface area contributed by atoms with E-state index < -0.39 is 5.97 Å². The molecular weight excluding hydrogens is 198 g/mol. The number of hydrogen-bond donors (Lipinski definition) is 1. The summed E-state index contributed by atoms with van der Waals surface area (Å²) in [4.78, 5) is 13.2. The second-order valence-corrected chi connectivity index (χ2v) is 4.87. The van der Waals surface area contributed by atoms with Crippen molar-refractivity contribution >= 4 is 17.7 Å². The third-order valence-electron chi connectivity index (χ3n) is 3.00. The van der Waals surface area contributed by atoms with E-state index in [1.54, 1.807) is 0 Å². The minimum atomic E-state index is -0.667. The van der Waals surface area contributed by atoms with E-state index >= 15 is 0 Å². The van der Waals surface area contributed by atoms with E-state index in [9.17, 15) is 4.79 Å². The molecule has 0 radical (unpaired) electrons. The van der Waals surface area contributed by atoms with E-state index in [2.05, 4.69) is 18.7 Å². The van der Waals surface area contributed by atoms with Gasteiger partial charge in [-0.05, 0) is 25.3 Å². The fraction of sp³-hybridized carbons (Fsp3) is 0.900. The molecule has 1 heterocycles. The average molecular weight is 217 g/mol. The highest BCUT2D eigenvalue weighted by molar-refractivity contribution is 7.99. The minimum Gasteiger partial charge on any atom is -0.481 e. The Labute approximate surface area is 89.9 Å². The van der Waals surface area contributed by atoms with Crippen LogP contribution in [0, 0.1) is 0 Å². The standard InChI is InChI=1S/C10H19NO2S/c1-3-11(4-2)10(7-9(12)13)5-6-14-8-10/h3-8H2,1-2H3,(H,12,13). The molecule has 1 saturated heterocycles. The number of hydrogen-bond acceptors (Lipinski definition) is 3. The third-order valence-corrected chi connectivity index (χ3v) is 4.23. The van der Waals surface area contributed by atoms with Crippen LogP contribution in [0.1, 0.15) is 26.7 Å². The zero-order valence-corrected chi connectivity index (χ0v) is 9.77.